The molecule has 0 bridgehead atoms. The van der Waals surface area contributed by atoms with Crippen molar-refractivity contribution in [3.05, 3.63) is 45.7 Å². The molecule has 1 aromatic carbocycles. The van der Waals surface area contributed by atoms with Gasteiger partial charge < -0.3 is 0 Å². The van der Waals surface area contributed by atoms with E-state index in [1.807, 2.05) is 20.2 Å². The van der Waals surface area contributed by atoms with Gasteiger partial charge in [-0.15, -0.1) is 0 Å². The predicted octanol–water partition coefficient (Wildman–Crippen LogP) is 3.73. The highest BCUT2D eigenvalue weighted by molar-refractivity contribution is 6.54. The molecule has 3 nitrogen and oxygen atoms in total. The van der Waals surface area contributed by atoms with Gasteiger partial charge in [0.1, 0.15) is 5.15 Å². The summed E-state index contributed by atoms with van der Waals surface area (Å²) in [4.78, 5) is 4.58. The van der Waals surface area contributed by atoms with Crippen LogP contribution in [0.2, 0.25) is 22.0 Å². The summed E-state index contributed by atoms with van der Waals surface area (Å²) in [5.41, 5.74) is 3.08. The lowest BCUT2D eigenvalue weighted by atomic mass is 9.75. The molecular formula is C13H8BCl3N3. The molecule has 3 rings (SSSR count). The standard InChI is InChI=1S/C13H8BCl3N3/c1-14-9-6-18-20-12(17)5-11(19-13(9)20)8-3-2-7(15)4-10(8)16/h2-6H,1H3. The third-order valence-electron chi connectivity index (χ3n) is 2.97. The molecule has 0 spiro atoms. The van der Waals surface area contributed by atoms with Crippen LogP contribution in [-0.4, -0.2) is 21.9 Å². The molecule has 7 heteroatoms. The third-order valence-corrected chi connectivity index (χ3v) is 3.79. The van der Waals surface area contributed by atoms with Crippen LogP contribution in [0.1, 0.15) is 0 Å². The normalized spacial score (nSPS) is 11.0. The number of halogens is 3. The van der Waals surface area contributed by atoms with Gasteiger partial charge in [0.05, 0.1) is 10.7 Å². The zero-order chi connectivity index (χ0) is 14.3. The van der Waals surface area contributed by atoms with E-state index < -0.39 is 0 Å². The van der Waals surface area contributed by atoms with Crippen molar-refractivity contribution in [3.63, 3.8) is 0 Å². The van der Waals surface area contributed by atoms with E-state index in [4.69, 9.17) is 34.8 Å². The maximum absolute atomic E-state index is 6.24. The molecule has 3 aromatic rings. The highest BCUT2D eigenvalue weighted by Crippen LogP contribution is 2.30. The molecule has 20 heavy (non-hydrogen) atoms. The summed E-state index contributed by atoms with van der Waals surface area (Å²) in [5, 5.41) is 5.79. The minimum absolute atomic E-state index is 0.476. The molecule has 1 radical (unpaired) electrons. The van der Waals surface area contributed by atoms with E-state index in [1.54, 1.807) is 28.9 Å². The summed E-state index contributed by atoms with van der Waals surface area (Å²) in [6, 6.07) is 7.01. The van der Waals surface area contributed by atoms with Gasteiger partial charge in [0, 0.05) is 22.8 Å². The van der Waals surface area contributed by atoms with Gasteiger partial charge in [-0.3, -0.25) is 0 Å². The van der Waals surface area contributed by atoms with Gasteiger partial charge in [-0.2, -0.15) is 5.10 Å². The minimum Gasteiger partial charge on any atom is -0.229 e. The largest absolute Gasteiger partial charge is 0.229 e. The Kier molecular flexibility index (Phi) is 3.63. The second-order valence-electron chi connectivity index (χ2n) is 4.21. The van der Waals surface area contributed by atoms with Crippen molar-refractivity contribution in [1.29, 1.82) is 0 Å². The Morgan fingerprint density at radius 1 is 1.15 bits per heavy atom. The third kappa shape index (κ3) is 2.28. The van der Waals surface area contributed by atoms with Crippen LogP contribution < -0.4 is 5.46 Å². The van der Waals surface area contributed by atoms with Gasteiger partial charge in [-0.05, 0) is 23.7 Å². The van der Waals surface area contributed by atoms with Crippen LogP contribution in [-0.2, 0) is 0 Å². The molecule has 0 saturated carbocycles. The van der Waals surface area contributed by atoms with Crippen LogP contribution in [0.3, 0.4) is 0 Å². The van der Waals surface area contributed by atoms with E-state index in [2.05, 4.69) is 10.1 Å². The number of rotatable bonds is 2. The number of nitrogens with zero attached hydrogens (tertiary/aromatic N) is 3. The smallest absolute Gasteiger partial charge is 0.155 e. The van der Waals surface area contributed by atoms with Gasteiger partial charge in [-0.25, -0.2) is 9.50 Å². The molecular weight excluding hydrogens is 315 g/mol. The molecule has 2 aromatic heterocycles. The lowest BCUT2D eigenvalue weighted by Gasteiger charge is -2.07. The number of hydrogen-bond donors (Lipinski definition) is 0. The van der Waals surface area contributed by atoms with Crippen molar-refractivity contribution in [2.24, 2.45) is 0 Å². The summed E-state index contributed by atoms with van der Waals surface area (Å²) >= 11 is 18.4. The average molecular weight is 323 g/mol. The van der Waals surface area contributed by atoms with Crippen LogP contribution in [0.4, 0.5) is 0 Å². The van der Waals surface area contributed by atoms with Crippen molar-refractivity contribution < 1.29 is 0 Å². The van der Waals surface area contributed by atoms with Crippen molar-refractivity contribution >= 4 is 53.2 Å². The Hall–Kier alpha value is -1.23. The van der Waals surface area contributed by atoms with E-state index in [0.29, 0.717) is 26.5 Å². The second kappa shape index (κ2) is 5.28. The lowest BCUT2D eigenvalue weighted by Crippen LogP contribution is -2.11. The number of benzene rings is 1. The van der Waals surface area contributed by atoms with Gasteiger partial charge in [-0.1, -0.05) is 41.6 Å². The van der Waals surface area contributed by atoms with Crippen LogP contribution in [0.15, 0.2) is 30.5 Å². The SMILES string of the molecule is C[B]c1cnn2c(Cl)cc(-c3ccc(Cl)cc3Cl)nc12. The first-order valence-corrected chi connectivity index (χ1v) is 7.02. The first kappa shape index (κ1) is 13.7. The molecule has 0 saturated heterocycles. The fourth-order valence-electron chi connectivity index (χ4n) is 1.98. The topological polar surface area (TPSA) is 30.2 Å². The molecule has 0 aliphatic carbocycles. The van der Waals surface area contributed by atoms with E-state index in [0.717, 1.165) is 11.0 Å². The Morgan fingerprint density at radius 2 is 1.95 bits per heavy atom. The van der Waals surface area contributed by atoms with Gasteiger partial charge >= 0.3 is 0 Å². The summed E-state index contributed by atoms with van der Waals surface area (Å²) < 4.78 is 1.59. The van der Waals surface area contributed by atoms with Crippen molar-refractivity contribution in [3.8, 4) is 11.3 Å². The summed E-state index contributed by atoms with van der Waals surface area (Å²) in [6.07, 6.45) is 1.72. The van der Waals surface area contributed by atoms with Crippen molar-refractivity contribution in [2.45, 2.75) is 6.82 Å². The summed E-state index contributed by atoms with van der Waals surface area (Å²) in [6.45, 7) is 1.93. The van der Waals surface area contributed by atoms with Crippen LogP contribution in [0.5, 0.6) is 0 Å². The second-order valence-corrected chi connectivity index (χ2v) is 5.44. The van der Waals surface area contributed by atoms with Crippen LogP contribution >= 0.6 is 34.8 Å². The zero-order valence-corrected chi connectivity index (χ0v) is 12.7. The molecule has 0 amide bonds. The van der Waals surface area contributed by atoms with Crippen molar-refractivity contribution in [2.75, 3.05) is 0 Å². The predicted molar refractivity (Wildman–Crippen MR) is 84.7 cm³/mol. The lowest BCUT2D eigenvalue weighted by molar-refractivity contribution is 0.942. The Labute approximate surface area is 131 Å². The van der Waals surface area contributed by atoms with E-state index in [9.17, 15) is 0 Å². The quantitative estimate of drug-likeness (QED) is 0.531. The first-order valence-electron chi connectivity index (χ1n) is 5.89. The highest BCUT2D eigenvalue weighted by Gasteiger charge is 2.12. The van der Waals surface area contributed by atoms with Gasteiger partial charge in [0.2, 0.25) is 0 Å². The molecule has 99 valence electrons. The number of fused-ring (bicyclic) bond motifs is 1. The number of aromatic nitrogens is 3. The molecule has 0 atom stereocenters. The maximum atomic E-state index is 6.24. The summed E-state index contributed by atoms with van der Waals surface area (Å²) in [5.74, 6) is 0. The molecule has 0 aliphatic heterocycles. The Bertz CT molecular complexity index is 801. The van der Waals surface area contributed by atoms with Gasteiger partial charge in [0.15, 0.2) is 12.9 Å². The van der Waals surface area contributed by atoms with Crippen LogP contribution in [0.25, 0.3) is 16.9 Å². The van der Waals surface area contributed by atoms with Crippen LogP contribution in [0, 0.1) is 0 Å². The molecule has 0 fully saturated rings. The number of hydrogen-bond acceptors (Lipinski definition) is 2. The maximum Gasteiger partial charge on any atom is 0.155 e. The fourth-order valence-corrected chi connectivity index (χ4v) is 2.71. The van der Waals surface area contributed by atoms with Gasteiger partial charge in [0.25, 0.3) is 0 Å². The average Bonchev–Trinajstić information content (AvgIpc) is 2.82. The van der Waals surface area contributed by atoms with E-state index >= 15 is 0 Å². The Balaban J connectivity index is 2.26. The monoisotopic (exact) mass is 322 g/mol. The van der Waals surface area contributed by atoms with Crippen molar-refractivity contribution in [1.82, 2.24) is 14.6 Å². The molecule has 0 unspecified atom stereocenters. The van der Waals surface area contributed by atoms with E-state index in [1.165, 1.54) is 0 Å². The molecule has 0 N–H and O–H groups in total. The highest BCUT2D eigenvalue weighted by atomic mass is 35.5. The van der Waals surface area contributed by atoms with E-state index in [-0.39, 0.29) is 0 Å². The Morgan fingerprint density at radius 3 is 2.65 bits per heavy atom. The fraction of sp³-hybridized carbons (Fsp3) is 0.0769. The minimum atomic E-state index is 0.476. The molecule has 0 aliphatic rings. The first-order chi connectivity index (χ1) is 9.60. The summed E-state index contributed by atoms with van der Waals surface area (Å²) in [7, 11) is 1.93. The zero-order valence-electron chi connectivity index (χ0n) is 10.4. The molecule has 2 heterocycles.